The first-order valence-corrected chi connectivity index (χ1v) is 6.44. The van der Waals surface area contributed by atoms with Crippen molar-refractivity contribution >= 4 is 0 Å². The van der Waals surface area contributed by atoms with E-state index in [2.05, 4.69) is 47.6 Å². The summed E-state index contributed by atoms with van der Waals surface area (Å²) in [5.74, 6) is 1.17. The molecule has 2 rings (SSSR count). The molecule has 1 saturated heterocycles. The molecule has 0 amide bonds. The van der Waals surface area contributed by atoms with Gasteiger partial charge in [0.05, 0.1) is 0 Å². The fourth-order valence-electron chi connectivity index (χ4n) is 2.44. The Morgan fingerprint density at radius 3 is 2.94 bits per heavy atom. The summed E-state index contributed by atoms with van der Waals surface area (Å²) in [7, 11) is 2.06. The summed E-state index contributed by atoms with van der Waals surface area (Å²) in [4.78, 5) is 6.96. The number of nitrogens with zero attached hydrogens (tertiary/aromatic N) is 3. The number of aromatic nitrogens is 2. The van der Waals surface area contributed by atoms with Crippen molar-refractivity contribution in [2.75, 3.05) is 19.6 Å². The SMILES string of the molecule is CC1CN(CCc2nccn2C)C(C)(C)CN1. The first kappa shape index (κ1) is 12.6. The van der Waals surface area contributed by atoms with Crippen molar-refractivity contribution in [3.63, 3.8) is 0 Å². The molecule has 4 nitrogen and oxygen atoms in total. The van der Waals surface area contributed by atoms with Crippen molar-refractivity contribution in [1.29, 1.82) is 0 Å². The zero-order chi connectivity index (χ0) is 12.5. The Balaban J connectivity index is 1.95. The summed E-state index contributed by atoms with van der Waals surface area (Å²) in [5, 5.41) is 3.54. The zero-order valence-corrected chi connectivity index (χ0v) is 11.4. The standard InChI is InChI=1S/C13H24N4/c1-11-9-17(13(2,3)10-15-11)7-5-12-14-6-8-16(12)4/h6,8,11,15H,5,7,9-10H2,1-4H3. The number of hydrogen-bond donors (Lipinski definition) is 1. The molecule has 0 radical (unpaired) electrons. The Morgan fingerprint density at radius 1 is 1.53 bits per heavy atom. The molecule has 2 heterocycles. The number of piperazine rings is 1. The van der Waals surface area contributed by atoms with Crippen LogP contribution in [0.5, 0.6) is 0 Å². The highest BCUT2D eigenvalue weighted by Crippen LogP contribution is 2.18. The Hall–Kier alpha value is -0.870. The maximum atomic E-state index is 4.39. The Morgan fingerprint density at radius 2 is 2.29 bits per heavy atom. The Labute approximate surface area is 104 Å². The van der Waals surface area contributed by atoms with Gasteiger partial charge in [-0.15, -0.1) is 0 Å². The van der Waals surface area contributed by atoms with Crippen LogP contribution in [0.4, 0.5) is 0 Å². The molecule has 1 aromatic heterocycles. The topological polar surface area (TPSA) is 33.1 Å². The highest BCUT2D eigenvalue weighted by molar-refractivity contribution is 4.96. The molecule has 0 bridgehead atoms. The molecular weight excluding hydrogens is 212 g/mol. The molecular formula is C13H24N4. The lowest BCUT2D eigenvalue weighted by Crippen LogP contribution is -2.61. The van der Waals surface area contributed by atoms with Gasteiger partial charge in [0.2, 0.25) is 0 Å². The predicted molar refractivity (Wildman–Crippen MR) is 70.0 cm³/mol. The molecule has 17 heavy (non-hydrogen) atoms. The normalized spacial score (nSPS) is 25.1. The summed E-state index contributed by atoms with van der Waals surface area (Å²) in [6, 6.07) is 0.587. The largest absolute Gasteiger partial charge is 0.338 e. The minimum Gasteiger partial charge on any atom is -0.338 e. The monoisotopic (exact) mass is 236 g/mol. The summed E-state index contributed by atoms with van der Waals surface area (Å²) in [6.45, 7) is 10.1. The van der Waals surface area contributed by atoms with Gasteiger partial charge in [-0.05, 0) is 20.8 Å². The molecule has 1 atom stereocenters. The van der Waals surface area contributed by atoms with Gasteiger partial charge in [0.1, 0.15) is 5.82 Å². The molecule has 0 aromatic carbocycles. The van der Waals surface area contributed by atoms with Crippen molar-refractivity contribution in [2.24, 2.45) is 7.05 Å². The minimum absolute atomic E-state index is 0.248. The van der Waals surface area contributed by atoms with E-state index in [4.69, 9.17) is 0 Å². The van der Waals surface area contributed by atoms with Crippen LogP contribution in [0.3, 0.4) is 0 Å². The van der Waals surface area contributed by atoms with Crippen LogP contribution in [0.2, 0.25) is 0 Å². The number of aryl methyl sites for hydroxylation is 1. The molecule has 1 fully saturated rings. The van der Waals surface area contributed by atoms with Crippen molar-refractivity contribution in [3.8, 4) is 0 Å². The fourth-order valence-corrected chi connectivity index (χ4v) is 2.44. The van der Waals surface area contributed by atoms with E-state index in [9.17, 15) is 0 Å². The van der Waals surface area contributed by atoms with Crippen LogP contribution < -0.4 is 5.32 Å². The average Bonchev–Trinajstić information content (AvgIpc) is 2.66. The van der Waals surface area contributed by atoms with Crippen LogP contribution >= 0.6 is 0 Å². The van der Waals surface area contributed by atoms with E-state index < -0.39 is 0 Å². The molecule has 96 valence electrons. The van der Waals surface area contributed by atoms with E-state index in [1.54, 1.807) is 0 Å². The van der Waals surface area contributed by atoms with Gasteiger partial charge >= 0.3 is 0 Å². The smallest absolute Gasteiger partial charge is 0.109 e. The van der Waals surface area contributed by atoms with Crippen LogP contribution in [-0.2, 0) is 13.5 Å². The van der Waals surface area contributed by atoms with E-state index >= 15 is 0 Å². The third-order valence-corrected chi connectivity index (χ3v) is 3.76. The van der Waals surface area contributed by atoms with Crippen molar-refractivity contribution < 1.29 is 0 Å². The second-order valence-corrected chi connectivity index (χ2v) is 5.74. The number of nitrogens with one attached hydrogen (secondary N) is 1. The van der Waals surface area contributed by atoms with Gasteiger partial charge in [0.25, 0.3) is 0 Å². The Kier molecular flexibility index (Phi) is 3.54. The Bertz CT molecular complexity index is 369. The molecule has 1 aromatic rings. The third kappa shape index (κ3) is 2.87. The number of imidazole rings is 1. The van der Waals surface area contributed by atoms with Gasteiger partial charge < -0.3 is 9.88 Å². The van der Waals surface area contributed by atoms with Crippen LogP contribution in [0.25, 0.3) is 0 Å². The van der Waals surface area contributed by atoms with Gasteiger partial charge in [-0.3, -0.25) is 4.90 Å². The lowest BCUT2D eigenvalue weighted by Gasteiger charge is -2.45. The van der Waals surface area contributed by atoms with Crippen molar-refractivity contribution in [1.82, 2.24) is 19.8 Å². The second kappa shape index (κ2) is 4.78. The molecule has 1 aliphatic rings. The molecule has 0 spiro atoms. The predicted octanol–water partition coefficient (Wildman–Crippen LogP) is 1.03. The second-order valence-electron chi connectivity index (χ2n) is 5.74. The van der Waals surface area contributed by atoms with Gasteiger partial charge in [-0.1, -0.05) is 0 Å². The highest BCUT2D eigenvalue weighted by atomic mass is 15.3. The van der Waals surface area contributed by atoms with E-state index in [1.807, 2.05) is 12.4 Å². The van der Waals surface area contributed by atoms with Gasteiger partial charge in [-0.25, -0.2) is 4.98 Å². The summed E-state index contributed by atoms with van der Waals surface area (Å²) in [6.07, 6.45) is 4.92. The van der Waals surface area contributed by atoms with Gasteiger partial charge in [0, 0.05) is 57.1 Å². The molecule has 0 aliphatic carbocycles. The fraction of sp³-hybridized carbons (Fsp3) is 0.769. The van der Waals surface area contributed by atoms with Gasteiger partial charge in [0.15, 0.2) is 0 Å². The van der Waals surface area contributed by atoms with E-state index in [0.29, 0.717) is 6.04 Å². The van der Waals surface area contributed by atoms with Crippen LogP contribution in [0, 0.1) is 0 Å². The quantitative estimate of drug-likeness (QED) is 0.851. The molecule has 1 N–H and O–H groups in total. The maximum Gasteiger partial charge on any atom is 0.109 e. The van der Waals surface area contributed by atoms with Gasteiger partial charge in [-0.2, -0.15) is 0 Å². The highest BCUT2D eigenvalue weighted by Gasteiger charge is 2.31. The summed E-state index contributed by atoms with van der Waals surface area (Å²) in [5.41, 5.74) is 0.248. The lowest BCUT2D eigenvalue weighted by molar-refractivity contribution is 0.0709. The maximum absolute atomic E-state index is 4.39. The molecule has 1 unspecified atom stereocenters. The van der Waals surface area contributed by atoms with Crippen molar-refractivity contribution in [3.05, 3.63) is 18.2 Å². The summed E-state index contributed by atoms with van der Waals surface area (Å²) < 4.78 is 2.11. The molecule has 4 heteroatoms. The lowest BCUT2D eigenvalue weighted by atomic mass is 9.97. The minimum atomic E-state index is 0.248. The third-order valence-electron chi connectivity index (χ3n) is 3.76. The van der Waals surface area contributed by atoms with Crippen LogP contribution in [-0.4, -0.2) is 45.7 Å². The number of hydrogen-bond acceptors (Lipinski definition) is 3. The van der Waals surface area contributed by atoms with E-state index in [1.165, 1.54) is 5.82 Å². The summed E-state index contributed by atoms with van der Waals surface area (Å²) >= 11 is 0. The molecule has 0 saturated carbocycles. The first-order valence-electron chi connectivity index (χ1n) is 6.44. The van der Waals surface area contributed by atoms with Crippen molar-refractivity contribution in [2.45, 2.75) is 38.8 Å². The van der Waals surface area contributed by atoms with E-state index in [0.717, 1.165) is 26.1 Å². The zero-order valence-electron chi connectivity index (χ0n) is 11.4. The number of rotatable bonds is 3. The van der Waals surface area contributed by atoms with Crippen LogP contribution in [0.15, 0.2) is 12.4 Å². The van der Waals surface area contributed by atoms with Crippen LogP contribution in [0.1, 0.15) is 26.6 Å². The average molecular weight is 236 g/mol. The van der Waals surface area contributed by atoms with E-state index in [-0.39, 0.29) is 5.54 Å². The first-order chi connectivity index (χ1) is 7.99. The molecule has 1 aliphatic heterocycles.